The van der Waals surface area contributed by atoms with E-state index in [1.54, 1.807) is 12.4 Å². The third-order valence-corrected chi connectivity index (χ3v) is 9.12. The SMILES string of the molecule is C[C@@H](Oc1ccc2[nH]nc(-c3ccc4c(c3)COC3(CCN(S(C)(=O)=O)CC3)O4)c2c1)c1c(Cl)cncc1Cl. The van der Waals surface area contributed by atoms with Crippen LogP contribution in [0.2, 0.25) is 10.0 Å². The predicted molar refractivity (Wildman–Crippen MR) is 149 cm³/mol. The number of pyridine rings is 1. The van der Waals surface area contributed by atoms with Gasteiger partial charge in [-0.05, 0) is 43.3 Å². The number of nitrogens with zero attached hydrogens (tertiary/aromatic N) is 3. The molecule has 6 rings (SSSR count). The zero-order chi connectivity index (χ0) is 27.4. The summed E-state index contributed by atoms with van der Waals surface area (Å²) in [7, 11) is -3.23. The number of aromatic nitrogens is 3. The first-order valence-corrected chi connectivity index (χ1v) is 15.1. The van der Waals surface area contributed by atoms with Gasteiger partial charge in [0, 0.05) is 60.4 Å². The fourth-order valence-corrected chi connectivity index (χ4v) is 6.66. The Balaban J connectivity index is 1.23. The number of hydrogen-bond acceptors (Lipinski definition) is 7. The molecular formula is C27H26Cl2N4O5S. The maximum absolute atomic E-state index is 11.9. The summed E-state index contributed by atoms with van der Waals surface area (Å²) in [5.41, 5.74) is 4.12. The summed E-state index contributed by atoms with van der Waals surface area (Å²) in [6, 6.07) is 11.6. The van der Waals surface area contributed by atoms with E-state index in [9.17, 15) is 8.42 Å². The molecular weight excluding hydrogens is 563 g/mol. The van der Waals surface area contributed by atoms with Gasteiger partial charge in [-0.15, -0.1) is 0 Å². The molecule has 1 saturated heterocycles. The molecule has 2 aliphatic rings. The molecule has 4 heterocycles. The topological polar surface area (TPSA) is 107 Å². The molecule has 1 N–H and O–H groups in total. The van der Waals surface area contributed by atoms with Gasteiger partial charge in [0.2, 0.25) is 15.8 Å². The molecule has 39 heavy (non-hydrogen) atoms. The number of halogens is 2. The molecule has 0 saturated carbocycles. The van der Waals surface area contributed by atoms with Crippen LogP contribution in [-0.2, 0) is 21.4 Å². The van der Waals surface area contributed by atoms with E-state index in [-0.39, 0.29) is 0 Å². The van der Waals surface area contributed by atoms with Crippen LogP contribution in [0, 0.1) is 0 Å². The van der Waals surface area contributed by atoms with E-state index in [1.165, 1.54) is 10.6 Å². The third kappa shape index (κ3) is 5.07. The van der Waals surface area contributed by atoms with Crippen LogP contribution in [-0.4, -0.2) is 53.0 Å². The maximum Gasteiger partial charge on any atom is 0.213 e. The summed E-state index contributed by atoms with van der Waals surface area (Å²) >= 11 is 12.6. The van der Waals surface area contributed by atoms with Crippen molar-refractivity contribution in [3.8, 4) is 22.8 Å². The van der Waals surface area contributed by atoms with Gasteiger partial charge in [0.05, 0.1) is 28.4 Å². The first-order valence-electron chi connectivity index (χ1n) is 12.5. The van der Waals surface area contributed by atoms with E-state index in [0.29, 0.717) is 53.9 Å². The lowest BCUT2D eigenvalue weighted by molar-refractivity contribution is -0.223. The molecule has 1 fully saturated rings. The number of rotatable bonds is 5. The Morgan fingerprint density at radius 1 is 1.10 bits per heavy atom. The summed E-state index contributed by atoms with van der Waals surface area (Å²) in [6.45, 7) is 2.99. The van der Waals surface area contributed by atoms with Crippen LogP contribution in [0.4, 0.5) is 0 Å². The van der Waals surface area contributed by atoms with Gasteiger partial charge in [-0.1, -0.05) is 23.2 Å². The third-order valence-electron chi connectivity index (χ3n) is 7.22. The Labute approximate surface area is 236 Å². The van der Waals surface area contributed by atoms with Crippen molar-refractivity contribution in [2.24, 2.45) is 0 Å². The zero-order valence-corrected chi connectivity index (χ0v) is 23.6. The maximum atomic E-state index is 11.9. The standard InChI is InChI=1S/C27H26Cl2N4O5S/c1-16(25-21(28)13-30-14-22(25)29)37-19-4-5-23-20(12-19)26(32-31-23)17-3-6-24-18(11-17)15-36-27(38-24)7-9-33(10-8-27)39(2,34)35/h3-6,11-14,16H,7-10,15H2,1-2H3,(H,31,32)/t16-/m1/s1. The molecule has 2 aromatic heterocycles. The van der Waals surface area contributed by atoms with Gasteiger partial charge in [0.1, 0.15) is 23.3 Å². The normalized spacial score (nSPS) is 18.1. The second kappa shape index (κ2) is 9.94. The average Bonchev–Trinajstić information content (AvgIpc) is 3.31. The van der Waals surface area contributed by atoms with Gasteiger partial charge < -0.3 is 14.2 Å². The number of benzene rings is 2. The highest BCUT2D eigenvalue weighted by molar-refractivity contribution is 7.88. The van der Waals surface area contributed by atoms with Crippen molar-refractivity contribution in [3.05, 3.63) is 70.0 Å². The van der Waals surface area contributed by atoms with Crippen LogP contribution in [0.15, 0.2) is 48.8 Å². The van der Waals surface area contributed by atoms with E-state index in [1.807, 2.05) is 43.3 Å². The summed E-state index contributed by atoms with van der Waals surface area (Å²) in [4.78, 5) is 4.01. The molecule has 1 spiro atoms. The van der Waals surface area contributed by atoms with Gasteiger partial charge in [-0.25, -0.2) is 12.7 Å². The molecule has 0 aliphatic carbocycles. The highest BCUT2D eigenvalue weighted by Crippen LogP contribution is 2.40. The zero-order valence-electron chi connectivity index (χ0n) is 21.3. The Kier molecular flexibility index (Phi) is 6.71. The van der Waals surface area contributed by atoms with Crippen LogP contribution >= 0.6 is 23.2 Å². The molecule has 4 aromatic rings. The largest absolute Gasteiger partial charge is 0.486 e. The Morgan fingerprint density at radius 3 is 2.56 bits per heavy atom. The molecule has 204 valence electrons. The molecule has 2 aliphatic heterocycles. The van der Waals surface area contributed by atoms with Crippen molar-refractivity contribution >= 4 is 44.1 Å². The van der Waals surface area contributed by atoms with Crippen molar-refractivity contribution in [3.63, 3.8) is 0 Å². The number of ether oxygens (including phenoxy) is 3. The number of H-pyrrole nitrogens is 1. The van der Waals surface area contributed by atoms with Crippen LogP contribution in [0.5, 0.6) is 11.5 Å². The van der Waals surface area contributed by atoms with Crippen molar-refractivity contribution in [1.82, 2.24) is 19.5 Å². The predicted octanol–water partition coefficient (Wildman–Crippen LogP) is 5.73. The lowest BCUT2D eigenvalue weighted by Gasteiger charge is -2.43. The number of sulfonamides is 1. The van der Waals surface area contributed by atoms with Crippen molar-refractivity contribution in [2.45, 2.75) is 38.3 Å². The molecule has 0 amide bonds. The Bertz CT molecular complexity index is 1650. The minimum absolute atomic E-state index is 0.365. The number of aromatic amines is 1. The highest BCUT2D eigenvalue weighted by atomic mass is 35.5. The Hall–Kier alpha value is -2.89. The van der Waals surface area contributed by atoms with Gasteiger partial charge in [-0.3, -0.25) is 10.1 Å². The minimum Gasteiger partial charge on any atom is -0.486 e. The van der Waals surface area contributed by atoms with E-state index >= 15 is 0 Å². The highest BCUT2D eigenvalue weighted by Gasteiger charge is 2.42. The number of piperidine rings is 1. The molecule has 0 bridgehead atoms. The van der Waals surface area contributed by atoms with Crippen LogP contribution < -0.4 is 9.47 Å². The number of nitrogens with one attached hydrogen (secondary N) is 1. The minimum atomic E-state index is -3.23. The lowest BCUT2D eigenvalue weighted by atomic mass is 10.0. The fraction of sp³-hybridized carbons (Fsp3) is 0.333. The monoisotopic (exact) mass is 588 g/mol. The smallest absolute Gasteiger partial charge is 0.213 e. The molecule has 0 radical (unpaired) electrons. The number of fused-ring (bicyclic) bond motifs is 2. The number of hydrogen-bond donors (Lipinski definition) is 1. The average molecular weight is 590 g/mol. The van der Waals surface area contributed by atoms with Crippen LogP contribution in [0.25, 0.3) is 22.2 Å². The second-order valence-corrected chi connectivity index (χ2v) is 12.6. The van der Waals surface area contributed by atoms with E-state index in [2.05, 4.69) is 15.2 Å². The molecule has 12 heteroatoms. The second-order valence-electron chi connectivity index (χ2n) is 9.84. The van der Waals surface area contributed by atoms with Gasteiger partial charge in [0.25, 0.3) is 0 Å². The summed E-state index contributed by atoms with van der Waals surface area (Å²) in [5.74, 6) is 0.577. The van der Waals surface area contributed by atoms with Crippen LogP contribution in [0.1, 0.15) is 37.0 Å². The van der Waals surface area contributed by atoms with Gasteiger partial charge in [0.15, 0.2) is 0 Å². The molecule has 2 aromatic carbocycles. The van der Waals surface area contributed by atoms with Gasteiger partial charge >= 0.3 is 0 Å². The van der Waals surface area contributed by atoms with E-state index in [4.69, 9.17) is 37.4 Å². The van der Waals surface area contributed by atoms with Crippen molar-refractivity contribution in [1.29, 1.82) is 0 Å². The molecule has 0 unspecified atom stereocenters. The summed E-state index contributed by atoms with van der Waals surface area (Å²) in [6.07, 6.45) is 4.87. The Morgan fingerprint density at radius 2 is 1.85 bits per heavy atom. The lowest BCUT2D eigenvalue weighted by Crippen LogP contribution is -2.52. The fourth-order valence-electron chi connectivity index (χ4n) is 5.14. The molecule has 1 atom stereocenters. The summed E-state index contributed by atoms with van der Waals surface area (Å²) in [5, 5.41) is 9.44. The summed E-state index contributed by atoms with van der Waals surface area (Å²) < 4.78 is 43.9. The first kappa shape index (κ1) is 26.3. The quantitative estimate of drug-likeness (QED) is 0.317. The first-order chi connectivity index (χ1) is 18.6. The van der Waals surface area contributed by atoms with E-state index < -0.39 is 21.9 Å². The van der Waals surface area contributed by atoms with Crippen molar-refractivity contribution in [2.75, 3.05) is 19.3 Å². The van der Waals surface area contributed by atoms with E-state index in [0.717, 1.165) is 33.5 Å². The van der Waals surface area contributed by atoms with Crippen molar-refractivity contribution < 1.29 is 22.6 Å². The molecule has 9 nitrogen and oxygen atoms in total. The van der Waals surface area contributed by atoms with Gasteiger partial charge in [-0.2, -0.15) is 5.10 Å². The van der Waals surface area contributed by atoms with Crippen LogP contribution in [0.3, 0.4) is 0 Å².